The van der Waals surface area contributed by atoms with E-state index in [-0.39, 0.29) is 0 Å². The van der Waals surface area contributed by atoms with Crippen LogP contribution in [-0.2, 0) is 0 Å². The summed E-state index contributed by atoms with van der Waals surface area (Å²) >= 11 is 0. The van der Waals surface area contributed by atoms with Crippen LogP contribution in [0.1, 0.15) is 0 Å². The van der Waals surface area contributed by atoms with Gasteiger partial charge in [-0.05, 0) is 63.4 Å². The van der Waals surface area contributed by atoms with Crippen LogP contribution in [0.3, 0.4) is 0 Å². The number of hydrogen-bond donors (Lipinski definition) is 0. The maximum Gasteiger partial charge on any atom is 0.164 e. The molecular weight excluding hydrogens is 574 g/mol. The highest BCUT2D eigenvalue weighted by molar-refractivity contribution is 6.22. The molecule has 0 aliphatic heterocycles. The Hall–Kier alpha value is -6.39. The van der Waals surface area contributed by atoms with E-state index in [1.807, 2.05) is 54.6 Å². The summed E-state index contributed by atoms with van der Waals surface area (Å²) in [5.41, 5.74) is 9.02. The Labute approximate surface area is 271 Å². The lowest BCUT2D eigenvalue weighted by Crippen LogP contribution is -2.00. The Balaban J connectivity index is 1.24. The Morgan fingerprint density at radius 2 is 0.851 bits per heavy atom. The standard InChI is InChI=1S/C43H27N3O/c1-4-13-28(14-5-1)31-19-12-20-32(25-31)42-44-41(30-17-8-3-9-18-30)45-43(46-42)33-23-24-38-37(26-33)40-35-22-11-10-21-34(35)36(27-39(40)47-38)29-15-6-2-7-16-29/h1-27H. The van der Waals surface area contributed by atoms with Crippen molar-refractivity contribution in [3.8, 4) is 56.4 Å². The summed E-state index contributed by atoms with van der Waals surface area (Å²) in [7, 11) is 0. The second-order valence-corrected chi connectivity index (χ2v) is 11.6. The minimum Gasteiger partial charge on any atom is -0.456 e. The molecule has 9 rings (SSSR count). The fourth-order valence-corrected chi connectivity index (χ4v) is 6.46. The first kappa shape index (κ1) is 27.0. The highest BCUT2D eigenvalue weighted by Gasteiger charge is 2.18. The van der Waals surface area contributed by atoms with Crippen molar-refractivity contribution in [2.75, 3.05) is 0 Å². The van der Waals surface area contributed by atoms with Gasteiger partial charge in [0, 0.05) is 27.5 Å². The van der Waals surface area contributed by atoms with Gasteiger partial charge >= 0.3 is 0 Å². The number of aromatic nitrogens is 3. The smallest absolute Gasteiger partial charge is 0.164 e. The third kappa shape index (κ3) is 4.84. The summed E-state index contributed by atoms with van der Waals surface area (Å²) in [5.74, 6) is 1.87. The van der Waals surface area contributed by atoms with Gasteiger partial charge in [-0.2, -0.15) is 0 Å². The average Bonchev–Trinajstić information content (AvgIpc) is 3.53. The van der Waals surface area contributed by atoms with Crippen LogP contribution < -0.4 is 0 Å². The molecule has 47 heavy (non-hydrogen) atoms. The van der Waals surface area contributed by atoms with Gasteiger partial charge in [0.2, 0.25) is 0 Å². The maximum atomic E-state index is 6.50. The third-order valence-corrected chi connectivity index (χ3v) is 8.72. The summed E-state index contributed by atoms with van der Waals surface area (Å²) in [6.45, 7) is 0. The van der Waals surface area contributed by atoms with E-state index in [9.17, 15) is 0 Å². The number of fused-ring (bicyclic) bond motifs is 5. The highest BCUT2D eigenvalue weighted by Crippen LogP contribution is 2.41. The molecule has 0 N–H and O–H groups in total. The molecule has 2 aromatic heterocycles. The Morgan fingerprint density at radius 3 is 1.55 bits per heavy atom. The summed E-state index contributed by atoms with van der Waals surface area (Å²) in [5, 5.41) is 4.46. The Kier molecular flexibility index (Phi) is 6.43. The molecule has 0 bridgehead atoms. The molecule has 0 saturated carbocycles. The van der Waals surface area contributed by atoms with Crippen LogP contribution in [0, 0.1) is 0 Å². The lowest BCUT2D eigenvalue weighted by atomic mass is 9.95. The topological polar surface area (TPSA) is 51.8 Å². The van der Waals surface area contributed by atoms with Gasteiger partial charge in [0.15, 0.2) is 17.5 Å². The van der Waals surface area contributed by atoms with Crippen molar-refractivity contribution in [1.82, 2.24) is 15.0 Å². The van der Waals surface area contributed by atoms with E-state index in [4.69, 9.17) is 19.4 Å². The van der Waals surface area contributed by atoms with E-state index >= 15 is 0 Å². The first-order chi connectivity index (χ1) is 23.3. The van der Waals surface area contributed by atoms with Crippen LogP contribution in [0.2, 0.25) is 0 Å². The molecule has 220 valence electrons. The molecule has 0 radical (unpaired) electrons. The third-order valence-electron chi connectivity index (χ3n) is 8.72. The molecule has 0 aliphatic rings. The van der Waals surface area contributed by atoms with Crippen molar-refractivity contribution in [2.24, 2.45) is 0 Å². The molecule has 9 aromatic rings. The molecule has 4 nitrogen and oxygen atoms in total. The monoisotopic (exact) mass is 601 g/mol. The van der Waals surface area contributed by atoms with Crippen LogP contribution in [0.4, 0.5) is 0 Å². The largest absolute Gasteiger partial charge is 0.456 e. The van der Waals surface area contributed by atoms with E-state index in [1.165, 1.54) is 5.39 Å². The van der Waals surface area contributed by atoms with Crippen LogP contribution in [0.25, 0.3) is 89.1 Å². The lowest BCUT2D eigenvalue weighted by molar-refractivity contribution is 0.669. The van der Waals surface area contributed by atoms with E-state index in [0.29, 0.717) is 17.5 Å². The Morgan fingerprint density at radius 1 is 0.319 bits per heavy atom. The lowest BCUT2D eigenvalue weighted by Gasteiger charge is -2.10. The SMILES string of the molecule is c1ccc(-c2cccc(-c3nc(-c4ccccc4)nc(-c4ccc5oc6cc(-c7ccccc7)c7ccccc7c6c5c4)n3)c2)cc1. The van der Waals surface area contributed by atoms with E-state index in [0.717, 1.165) is 66.3 Å². The molecule has 0 fully saturated rings. The number of benzene rings is 7. The Bertz CT molecular complexity index is 2560. The molecule has 7 aromatic carbocycles. The number of nitrogens with zero attached hydrogens (tertiary/aromatic N) is 3. The molecule has 0 atom stereocenters. The predicted molar refractivity (Wildman–Crippen MR) is 192 cm³/mol. The normalized spacial score (nSPS) is 11.4. The van der Waals surface area contributed by atoms with Gasteiger partial charge in [0.05, 0.1) is 0 Å². The summed E-state index contributed by atoms with van der Waals surface area (Å²) in [6.07, 6.45) is 0. The fraction of sp³-hybridized carbons (Fsp3) is 0. The average molecular weight is 602 g/mol. The zero-order valence-electron chi connectivity index (χ0n) is 25.3. The van der Waals surface area contributed by atoms with Crippen molar-refractivity contribution in [1.29, 1.82) is 0 Å². The molecule has 4 heteroatoms. The van der Waals surface area contributed by atoms with Crippen LogP contribution in [0.15, 0.2) is 168 Å². The van der Waals surface area contributed by atoms with Gasteiger partial charge in [-0.1, -0.05) is 133 Å². The minimum atomic E-state index is 0.612. The zero-order valence-corrected chi connectivity index (χ0v) is 25.3. The quantitative estimate of drug-likeness (QED) is 0.197. The van der Waals surface area contributed by atoms with E-state index in [2.05, 4.69) is 109 Å². The summed E-state index contributed by atoms with van der Waals surface area (Å²) < 4.78 is 6.50. The maximum absolute atomic E-state index is 6.50. The van der Waals surface area contributed by atoms with Crippen molar-refractivity contribution in [3.05, 3.63) is 164 Å². The molecule has 2 heterocycles. The van der Waals surface area contributed by atoms with Gasteiger partial charge in [-0.3, -0.25) is 0 Å². The van der Waals surface area contributed by atoms with Crippen LogP contribution in [0.5, 0.6) is 0 Å². The van der Waals surface area contributed by atoms with Gasteiger partial charge < -0.3 is 4.42 Å². The van der Waals surface area contributed by atoms with Gasteiger partial charge in [-0.15, -0.1) is 0 Å². The highest BCUT2D eigenvalue weighted by atomic mass is 16.3. The van der Waals surface area contributed by atoms with E-state index in [1.54, 1.807) is 0 Å². The molecule has 0 saturated heterocycles. The van der Waals surface area contributed by atoms with Crippen molar-refractivity contribution < 1.29 is 4.42 Å². The van der Waals surface area contributed by atoms with Crippen molar-refractivity contribution in [2.45, 2.75) is 0 Å². The first-order valence-electron chi connectivity index (χ1n) is 15.7. The predicted octanol–water partition coefficient (Wildman–Crippen LogP) is 11.3. The summed E-state index contributed by atoms with van der Waals surface area (Å²) in [4.78, 5) is 15.1. The second-order valence-electron chi connectivity index (χ2n) is 11.6. The van der Waals surface area contributed by atoms with Gasteiger partial charge in [-0.25, -0.2) is 15.0 Å². The van der Waals surface area contributed by atoms with Gasteiger partial charge in [0.1, 0.15) is 11.2 Å². The minimum absolute atomic E-state index is 0.612. The van der Waals surface area contributed by atoms with Crippen molar-refractivity contribution in [3.63, 3.8) is 0 Å². The molecule has 0 aliphatic carbocycles. The van der Waals surface area contributed by atoms with Gasteiger partial charge in [0.25, 0.3) is 0 Å². The van der Waals surface area contributed by atoms with Crippen LogP contribution >= 0.6 is 0 Å². The summed E-state index contributed by atoms with van der Waals surface area (Å²) in [6, 6.07) is 56.3. The molecular formula is C43H27N3O. The fourth-order valence-electron chi connectivity index (χ4n) is 6.46. The number of rotatable bonds is 5. The number of furan rings is 1. The molecule has 0 spiro atoms. The van der Waals surface area contributed by atoms with E-state index < -0.39 is 0 Å². The second kappa shape index (κ2) is 11.2. The zero-order chi connectivity index (χ0) is 31.2. The number of hydrogen-bond acceptors (Lipinski definition) is 4. The molecule has 0 amide bonds. The first-order valence-corrected chi connectivity index (χ1v) is 15.7. The van der Waals surface area contributed by atoms with Crippen LogP contribution in [-0.4, -0.2) is 15.0 Å². The van der Waals surface area contributed by atoms with Crippen molar-refractivity contribution >= 4 is 32.7 Å². The molecule has 0 unspecified atom stereocenters.